The molecular weight excluding hydrogens is 194 g/mol. The minimum atomic E-state index is -0.268. The van der Waals surface area contributed by atoms with Gasteiger partial charge in [-0.05, 0) is 18.9 Å². The highest BCUT2D eigenvalue weighted by atomic mass is 16.5. The van der Waals surface area contributed by atoms with Crippen LogP contribution in [0.4, 0.5) is 0 Å². The molecule has 2 atom stereocenters. The second kappa shape index (κ2) is 4.44. The summed E-state index contributed by atoms with van der Waals surface area (Å²) in [5.41, 5.74) is -0.268. The summed E-state index contributed by atoms with van der Waals surface area (Å²) in [4.78, 5) is 17.8. The molecule has 0 spiro atoms. The molecule has 82 valence electrons. The van der Waals surface area contributed by atoms with Crippen molar-refractivity contribution < 1.29 is 4.74 Å². The van der Waals surface area contributed by atoms with E-state index in [0.717, 1.165) is 19.5 Å². The monoisotopic (exact) mass is 209 g/mol. The third kappa shape index (κ3) is 2.36. The number of ether oxygens (including phenoxy) is 1. The number of hydrogen-bond donors (Lipinski definition) is 2. The number of nitrogens with one attached hydrogen (secondary N) is 2. The van der Waals surface area contributed by atoms with Gasteiger partial charge in [0.15, 0.2) is 0 Å². The maximum Gasteiger partial charge on any atom is 0.310 e. The lowest BCUT2D eigenvalue weighted by Gasteiger charge is -2.29. The Hall–Kier alpha value is -1.36. The second-order valence-electron chi connectivity index (χ2n) is 3.85. The number of nitrogens with zero attached hydrogens (tertiary/aromatic N) is 1. The van der Waals surface area contributed by atoms with Crippen LogP contribution in [0.2, 0.25) is 0 Å². The number of piperidine rings is 1. The van der Waals surface area contributed by atoms with Crippen LogP contribution < -0.4 is 15.6 Å². The molecule has 2 N–H and O–H groups in total. The SMILES string of the molecule is CC1CCNCC1Oc1ncc[nH]c1=O. The van der Waals surface area contributed by atoms with Gasteiger partial charge in [-0.1, -0.05) is 6.92 Å². The molecular formula is C10H15N3O2. The fraction of sp³-hybridized carbons (Fsp3) is 0.600. The van der Waals surface area contributed by atoms with Crippen molar-refractivity contribution in [1.29, 1.82) is 0 Å². The van der Waals surface area contributed by atoms with Crippen molar-refractivity contribution in [2.45, 2.75) is 19.4 Å². The van der Waals surface area contributed by atoms with Gasteiger partial charge in [0.2, 0.25) is 0 Å². The summed E-state index contributed by atoms with van der Waals surface area (Å²) in [5, 5.41) is 3.24. The summed E-state index contributed by atoms with van der Waals surface area (Å²) in [7, 11) is 0. The number of aromatic nitrogens is 2. The molecule has 1 aromatic heterocycles. The normalized spacial score (nSPS) is 26.2. The van der Waals surface area contributed by atoms with Crippen molar-refractivity contribution in [3.05, 3.63) is 22.7 Å². The van der Waals surface area contributed by atoms with E-state index >= 15 is 0 Å². The van der Waals surface area contributed by atoms with Crippen molar-refractivity contribution in [3.63, 3.8) is 0 Å². The minimum Gasteiger partial charge on any atom is -0.469 e. The van der Waals surface area contributed by atoms with Gasteiger partial charge in [-0.15, -0.1) is 0 Å². The lowest BCUT2D eigenvalue weighted by molar-refractivity contribution is 0.108. The molecule has 5 heteroatoms. The highest BCUT2D eigenvalue weighted by Gasteiger charge is 2.23. The standard InChI is InChI=1S/C10H15N3O2/c1-7-2-3-11-6-8(7)15-10-9(14)12-4-5-13-10/h4-5,7-8,11H,2-3,6H2,1H3,(H,12,14). The lowest BCUT2D eigenvalue weighted by Crippen LogP contribution is -2.43. The van der Waals surface area contributed by atoms with E-state index < -0.39 is 0 Å². The van der Waals surface area contributed by atoms with Gasteiger partial charge < -0.3 is 15.0 Å². The zero-order valence-electron chi connectivity index (χ0n) is 8.69. The number of rotatable bonds is 2. The molecule has 5 nitrogen and oxygen atoms in total. The Balaban J connectivity index is 2.08. The van der Waals surface area contributed by atoms with Crippen molar-refractivity contribution in [1.82, 2.24) is 15.3 Å². The van der Waals surface area contributed by atoms with Crippen molar-refractivity contribution in [2.24, 2.45) is 5.92 Å². The number of aromatic amines is 1. The molecule has 1 saturated heterocycles. The molecule has 2 rings (SSSR count). The lowest BCUT2D eigenvalue weighted by atomic mass is 9.97. The maximum atomic E-state index is 11.3. The molecule has 0 amide bonds. The molecule has 2 heterocycles. The first kappa shape index (κ1) is 10.2. The third-order valence-electron chi connectivity index (χ3n) is 2.69. The zero-order chi connectivity index (χ0) is 10.7. The van der Waals surface area contributed by atoms with Crippen LogP contribution in [0.1, 0.15) is 13.3 Å². The van der Waals surface area contributed by atoms with Crippen LogP contribution in [0.3, 0.4) is 0 Å². The Labute approximate surface area is 87.9 Å². The second-order valence-corrected chi connectivity index (χ2v) is 3.85. The Bertz CT molecular complexity index is 377. The van der Waals surface area contributed by atoms with Gasteiger partial charge in [0.25, 0.3) is 5.88 Å². The van der Waals surface area contributed by atoms with E-state index in [4.69, 9.17) is 4.74 Å². The van der Waals surface area contributed by atoms with E-state index in [9.17, 15) is 4.79 Å². The topological polar surface area (TPSA) is 67.0 Å². The van der Waals surface area contributed by atoms with Gasteiger partial charge in [0.05, 0.1) is 0 Å². The van der Waals surface area contributed by atoms with Gasteiger partial charge >= 0.3 is 5.56 Å². The molecule has 1 aromatic rings. The Morgan fingerprint density at radius 1 is 1.60 bits per heavy atom. The van der Waals surface area contributed by atoms with Crippen LogP contribution in [0.15, 0.2) is 17.2 Å². The smallest absolute Gasteiger partial charge is 0.310 e. The maximum absolute atomic E-state index is 11.3. The molecule has 0 bridgehead atoms. The van der Waals surface area contributed by atoms with Gasteiger partial charge in [-0.2, -0.15) is 0 Å². The molecule has 1 aliphatic heterocycles. The summed E-state index contributed by atoms with van der Waals surface area (Å²) in [6, 6.07) is 0. The summed E-state index contributed by atoms with van der Waals surface area (Å²) < 4.78 is 5.58. The summed E-state index contributed by atoms with van der Waals surface area (Å²) in [6.45, 7) is 3.92. The highest BCUT2D eigenvalue weighted by Crippen LogP contribution is 2.15. The number of H-pyrrole nitrogens is 1. The van der Waals surface area contributed by atoms with E-state index in [1.54, 1.807) is 0 Å². The predicted molar refractivity (Wildman–Crippen MR) is 55.9 cm³/mol. The van der Waals surface area contributed by atoms with Gasteiger partial charge in [0.1, 0.15) is 6.10 Å². The first-order valence-electron chi connectivity index (χ1n) is 5.18. The van der Waals surface area contributed by atoms with Crippen molar-refractivity contribution >= 4 is 0 Å². The van der Waals surface area contributed by atoms with E-state index in [-0.39, 0.29) is 17.5 Å². The van der Waals surface area contributed by atoms with Crippen LogP contribution in [0.5, 0.6) is 5.88 Å². The summed E-state index contributed by atoms with van der Waals surface area (Å²) in [5.74, 6) is 0.616. The molecule has 0 aliphatic carbocycles. The predicted octanol–water partition coefficient (Wildman–Crippen LogP) is 0.147. The van der Waals surface area contributed by atoms with Crippen LogP contribution in [-0.2, 0) is 0 Å². The van der Waals surface area contributed by atoms with Crippen LogP contribution >= 0.6 is 0 Å². The molecule has 15 heavy (non-hydrogen) atoms. The Morgan fingerprint density at radius 2 is 2.47 bits per heavy atom. The molecule has 0 aromatic carbocycles. The largest absolute Gasteiger partial charge is 0.469 e. The van der Waals surface area contributed by atoms with Crippen LogP contribution in [0, 0.1) is 5.92 Å². The zero-order valence-corrected chi connectivity index (χ0v) is 8.69. The summed E-state index contributed by atoms with van der Waals surface area (Å²) in [6.07, 6.45) is 4.12. The molecule has 0 radical (unpaired) electrons. The van der Waals surface area contributed by atoms with Crippen molar-refractivity contribution in [3.8, 4) is 5.88 Å². The average molecular weight is 209 g/mol. The third-order valence-corrected chi connectivity index (χ3v) is 2.69. The van der Waals surface area contributed by atoms with E-state index in [0.29, 0.717) is 5.92 Å². The fourth-order valence-electron chi connectivity index (χ4n) is 1.68. The average Bonchev–Trinajstić information content (AvgIpc) is 2.24. The van der Waals surface area contributed by atoms with Gasteiger partial charge in [-0.3, -0.25) is 4.79 Å². The quantitative estimate of drug-likeness (QED) is 0.727. The first-order valence-corrected chi connectivity index (χ1v) is 5.18. The van der Waals surface area contributed by atoms with Crippen LogP contribution in [0.25, 0.3) is 0 Å². The van der Waals surface area contributed by atoms with Gasteiger partial charge in [0, 0.05) is 18.9 Å². The Kier molecular flexibility index (Phi) is 3.01. The fourth-order valence-corrected chi connectivity index (χ4v) is 1.68. The van der Waals surface area contributed by atoms with Crippen LogP contribution in [-0.4, -0.2) is 29.2 Å². The van der Waals surface area contributed by atoms with E-state index in [1.807, 2.05) is 0 Å². The molecule has 1 aliphatic rings. The molecule has 1 fully saturated rings. The molecule has 2 unspecified atom stereocenters. The summed E-state index contributed by atoms with van der Waals surface area (Å²) >= 11 is 0. The van der Waals surface area contributed by atoms with Crippen molar-refractivity contribution in [2.75, 3.05) is 13.1 Å². The van der Waals surface area contributed by atoms with E-state index in [1.165, 1.54) is 12.4 Å². The first-order chi connectivity index (χ1) is 7.27. The van der Waals surface area contributed by atoms with Gasteiger partial charge in [-0.25, -0.2) is 4.98 Å². The highest BCUT2D eigenvalue weighted by molar-refractivity contribution is 5.03. The van der Waals surface area contributed by atoms with E-state index in [2.05, 4.69) is 22.2 Å². The number of hydrogen-bond acceptors (Lipinski definition) is 4. The Morgan fingerprint density at radius 3 is 3.20 bits per heavy atom. The molecule has 0 saturated carbocycles. The minimum absolute atomic E-state index is 0.0368.